The molecule has 10 nitrogen and oxygen atoms in total. The predicted molar refractivity (Wildman–Crippen MR) is 123 cm³/mol. The van der Waals surface area contributed by atoms with Crippen LogP contribution >= 0.6 is 0 Å². The zero-order valence-electron chi connectivity index (χ0n) is 19.3. The molecule has 3 atom stereocenters. The van der Waals surface area contributed by atoms with E-state index >= 15 is 0 Å². The van der Waals surface area contributed by atoms with E-state index in [1.165, 1.54) is 0 Å². The Bertz CT molecular complexity index is 945. The number of piperidine rings is 1. The fraction of sp³-hybridized carbons (Fsp3) is 0.542. The first kappa shape index (κ1) is 25.4. The molecule has 1 saturated carbocycles. The predicted octanol–water partition coefficient (Wildman–Crippen LogP) is 0.181. The number of para-hydroxylation sites is 1. The average molecular weight is 473 g/mol. The van der Waals surface area contributed by atoms with Crippen LogP contribution in [0, 0.1) is 18.8 Å². The first-order valence-electron chi connectivity index (χ1n) is 11.7. The van der Waals surface area contributed by atoms with Crippen molar-refractivity contribution in [2.24, 2.45) is 11.8 Å². The van der Waals surface area contributed by atoms with Gasteiger partial charge in [0.2, 0.25) is 11.8 Å². The van der Waals surface area contributed by atoms with E-state index in [9.17, 15) is 29.1 Å². The molecule has 0 aromatic heterocycles. The minimum atomic E-state index is -1.06. The summed E-state index contributed by atoms with van der Waals surface area (Å²) in [4.78, 5) is 62.4. The van der Waals surface area contributed by atoms with Gasteiger partial charge in [-0.1, -0.05) is 31.0 Å². The smallest absolute Gasteiger partial charge is 0.313 e. The highest BCUT2D eigenvalue weighted by atomic mass is 16.3. The zero-order chi connectivity index (χ0) is 24.7. The second kappa shape index (κ2) is 11.7. The number of aliphatic hydroxyl groups is 1. The van der Waals surface area contributed by atoms with Crippen LogP contribution in [-0.2, 0) is 24.0 Å². The van der Waals surface area contributed by atoms with Crippen molar-refractivity contribution in [1.82, 2.24) is 16.0 Å². The van der Waals surface area contributed by atoms with E-state index in [1.54, 1.807) is 25.1 Å². The van der Waals surface area contributed by atoms with E-state index in [1.807, 2.05) is 6.07 Å². The lowest BCUT2D eigenvalue weighted by Crippen LogP contribution is -2.54. The molecule has 3 rings (SSSR count). The van der Waals surface area contributed by atoms with E-state index in [2.05, 4.69) is 21.3 Å². The number of hydrogen-bond donors (Lipinski definition) is 5. The lowest BCUT2D eigenvalue weighted by atomic mass is 9.90. The summed E-state index contributed by atoms with van der Waals surface area (Å²) >= 11 is 0. The average Bonchev–Trinajstić information content (AvgIpc) is 3.64. The Labute approximate surface area is 198 Å². The Morgan fingerprint density at radius 2 is 1.76 bits per heavy atom. The van der Waals surface area contributed by atoms with Gasteiger partial charge in [0.05, 0.1) is 6.04 Å². The third-order valence-corrected chi connectivity index (χ3v) is 6.27. The molecule has 2 aliphatic rings. The maximum atomic E-state index is 13.0. The van der Waals surface area contributed by atoms with Gasteiger partial charge in [0, 0.05) is 18.2 Å². The van der Waals surface area contributed by atoms with Crippen molar-refractivity contribution in [3.8, 4) is 0 Å². The molecule has 0 bridgehead atoms. The van der Waals surface area contributed by atoms with Crippen LogP contribution in [0.2, 0.25) is 0 Å². The molecule has 4 amide bonds. The SMILES string of the molecule is Cc1ccccc1NC(=O)C(=O)N[C@@H](CC1CC1)C(=O)N[C@@H](CC1CCCNC1=O)C(=O)CO. The summed E-state index contributed by atoms with van der Waals surface area (Å²) in [5.41, 5.74) is 1.28. The van der Waals surface area contributed by atoms with Gasteiger partial charge in [0.15, 0.2) is 5.78 Å². The summed E-state index contributed by atoms with van der Waals surface area (Å²) in [6, 6.07) is 4.92. The number of aliphatic hydroxyl groups excluding tert-OH is 1. The molecule has 34 heavy (non-hydrogen) atoms. The Kier molecular flexibility index (Phi) is 8.75. The maximum absolute atomic E-state index is 13.0. The molecule has 1 aliphatic heterocycles. The van der Waals surface area contributed by atoms with Crippen molar-refractivity contribution in [3.05, 3.63) is 29.8 Å². The van der Waals surface area contributed by atoms with E-state index in [-0.39, 0.29) is 18.2 Å². The van der Waals surface area contributed by atoms with Crippen LogP contribution in [-0.4, -0.2) is 59.8 Å². The van der Waals surface area contributed by atoms with Crippen molar-refractivity contribution in [1.29, 1.82) is 0 Å². The monoisotopic (exact) mass is 472 g/mol. The topological polar surface area (TPSA) is 154 Å². The largest absolute Gasteiger partial charge is 0.389 e. The van der Waals surface area contributed by atoms with Crippen LogP contribution in [0.4, 0.5) is 5.69 Å². The number of ketones is 1. The zero-order valence-corrected chi connectivity index (χ0v) is 19.3. The van der Waals surface area contributed by atoms with Crippen molar-refractivity contribution in [2.45, 2.75) is 57.5 Å². The number of carbonyl (C=O) groups excluding carboxylic acids is 5. The Balaban J connectivity index is 1.65. The van der Waals surface area contributed by atoms with Gasteiger partial charge in [0.25, 0.3) is 0 Å². The quantitative estimate of drug-likeness (QED) is 0.306. The third-order valence-electron chi connectivity index (χ3n) is 6.27. The number of aryl methyl sites for hydroxylation is 1. The number of nitrogens with one attached hydrogen (secondary N) is 4. The van der Waals surface area contributed by atoms with Gasteiger partial charge in [-0.3, -0.25) is 24.0 Å². The highest BCUT2D eigenvalue weighted by Gasteiger charge is 2.35. The van der Waals surface area contributed by atoms with Crippen molar-refractivity contribution in [3.63, 3.8) is 0 Å². The number of rotatable bonds is 10. The van der Waals surface area contributed by atoms with Gasteiger partial charge in [-0.15, -0.1) is 0 Å². The summed E-state index contributed by atoms with van der Waals surface area (Å²) < 4.78 is 0. The second-order valence-corrected chi connectivity index (χ2v) is 9.03. The molecule has 1 aliphatic carbocycles. The summed E-state index contributed by atoms with van der Waals surface area (Å²) in [6.07, 6.45) is 3.57. The number of Topliss-reactive ketones (excluding diaryl/α,β-unsaturated/α-hetero) is 1. The minimum absolute atomic E-state index is 0.0643. The van der Waals surface area contributed by atoms with E-state index in [0.717, 1.165) is 24.8 Å². The van der Waals surface area contributed by atoms with Crippen LogP contribution in [0.15, 0.2) is 24.3 Å². The highest BCUT2D eigenvalue weighted by Crippen LogP contribution is 2.33. The van der Waals surface area contributed by atoms with Gasteiger partial charge in [-0.25, -0.2) is 0 Å². The molecule has 10 heteroatoms. The van der Waals surface area contributed by atoms with Gasteiger partial charge < -0.3 is 26.4 Å². The van der Waals surface area contributed by atoms with Crippen molar-refractivity contribution < 1.29 is 29.1 Å². The number of benzene rings is 1. The van der Waals surface area contributed by atoms with Gasteiger partial charge in [-0.2, -0.15) is 0 Å². The number of carbonyl (C=O) groups is 5. The van der Waals surface area contributed by atoms with Crippen LogP contribution in [0.25, 0.3) is 0 Å². The molecular formula is C24H32N4O6. The Morgan fingerprint density at radius 1 is 1.03 bits per heavy atom. The number of hydrogen-bond acceptors (Lipinski definition) is 6. The van der Waals surface area contributed by atoms with Crippen LogP contribution in [0.3, 0.4) is 0 Å². The first-order chi connectivity index (χ1) is 16.3. The Morgan fingerprint density at radius 3 is 2.41 bits per heavy atom. The van der Waals surface area contributed by atoms with Crippen molar-refractivity contribution >= 4 is 35.1 Å². The van der Waals surface area contributed by atoms with E-state index in [0.29, 0.717) is 25.1 Å². The summed E-state index contributed by atoms with van der Waals surface area (Å²) in [6.45, 7) is 1.58. The lowest BCUT2D eigenvalue weighted by Gasteiger charge is -2.27. The summed E-state index contributed by atoms with van der Waals surface area (Å²) in [5, 5.41) is 19.7. The molecular weight excluding hydrogens is 440 g/mol. The molecule has 184 valence electrons. The highest BCUT2D eigenvalue weighted by molar-refractivity contribution is 6.40. The molecule has 1 saturated heterocycles. The van der Waals surface area contributed by atoms with Gasteiger partial charge in [0.1, 0.15) is 12.6 Å². The summed E-state index contributed by atoms with van der Waals surface area (Å²) in [5.74, 6) is -3.48. The number of anilines is 1. The van der Waals surface area contributed by atoms with E-state index in [4.69, 9.17) is 0 Å². The van der Waals surface area contributed by atoms with Gasteiger partial charge in [-0.05, 0) is 50.2 Å². The Hall–Kier alpha value is -3.27. The molecule has 1 aromatic rings. The summed E-state index contributed by atoms with van der Waals surface area (Å²) in [7, 11) is 0. The fourth-order valence-corrected chi connectivity index (χ4v) is 4.03. The van der Waals surface area contributed by atoms with Crippen molar-refractivity contribution in [2.75, 3.05) is 18.5 Å². The molecule has 0 spiro atoms. The molecule has 0 radical (unpaired) electrons. The normalized spacial score (nSPS) is 19.4. The third kappa shape index (κ3) is 7.11. The number of amides is 4. The molecule has 2 fully saturated rings. The molecule has 1 aromatic carbocycles. The molecule has 1 unspecified atom stereocenters. The van der Waals surface area contributed by atoms with Crippen LogP contribution in [0.5, 0.6) is 0 Å². The lowest BCUT2D eigenvalue weighted by molar-refractivity contribution is -0.138. The minimum Gasteiger partial charge on any atom is -0.389 e. The standard InChI is InChI=1S/C24H32N4O6/c1-14-5-2-3-7-17(14)26-23(33)24(34)28-19(11-15-8-9-15)22(32)27-18(20(30)13-29)12-16-6-4-10-25-21(16)31/h2-3,5,7,15-16,18-19,29H,4,6,8-13H2,1H3,(H,25,31)(H,26,33)(H,27,32)(H,28,34)/t16?,18-,19-/m0/s1. The first-order valence-corrected chi connectivity index (χ1v) is 11.7. The molecule has 1 heterocycles. The second-order valence-electron chi connectivity index (χ2n) is 9.03. The fourth-order valence-electron chi connectivity index (χ4n) is 4.03. The van der Waals surface area contributed by atoms with Gasteiger partial charge >= 0.3 is 11.8 Å². The molecule has 5 N–H and O–H groups in total. The van der Waals surface area contributed by atoms with Crippen LogP contribution in [0.1, 0.15) is 44.1 Å². The van der Waals surface area contributed by atoms with Crippen LogP contribution < -0.4 is 21.3 Å². The van der Waals surface area contributed by atoms with E-state index < -0.39 is 48.1 Å². The maximum Gasteiger partial charge on any atom is 0.313 e.